The molecule has 0 rings (SSSR count). The van der Waals surface area contributed by atoms with Gasteiger partial charge in [0.2, 0.25) is 0 Å². The molecule has 0 bridgehead atoms. The molecule has 0 amide bonds. The van der Waals surface area contributed by atoms with Gasteiger partial charge in [0.25, 0.3) is 0 Å². The quantitative estimate of drug-likeness (QED) is 0.308. The number of carbonyl (C=O) groups is 1. The highest BCUT2D eigenvalue weighted by Gasteiger charge is 1.94. The summed E-state index contributed by atoms with van der Waals surface area (Å²) in [6.45, 7) is 23.4. The van der Waals surface area contributed by atoms with E-state index in [0.717, 1.165) is 23.2 Å². The monoisotopic (exact) mass is 312 g/mol. The van der Waals surface area contributed by atoms with E-state index in [1.54, 1.807) is 13.2 Å². The molecule has 2 nitrogen and oxygen atoms in total. The topological polar surface area (TPSA) is 26.3 Å². The van der Waals surface area contributed by atoms with E-state index in [4.69, 9.17) is 4.74 Å². The highest BCUT2D eigenvalue weighted by Crippen LogP contribution is 2.11. The Morgan fingerprint density at radius 1 is 1.23 bits per heavy atom. The summed E-state index contributed by atoms with van der Waals surface area (Å²) in [6, 6.07) is 0. The molecule has 0 aliphatic carbocycles. The van der Waals surface area contributed by atoms with Gasteiger partial charge in [-0.05, 0) is 37.5 Å². The fourth-order valence-corrected chi connectivity index (χ4v) is 0.962. The van der Waals surface area contributed by atoms with Crippen LogP contribution >= 0.6 is 0 Å². The Morgan fingerprint density at radius 2 is 1.68 bits per heavy atom. The molecule has 0 atom stereocenters. The van der Waals surface area contributed by atoms with Crippen LogP contribution in [0.3, 0.4) is 0 Å². The van der Waals surface area contributed by atoms with Crippen molar-refractivity contribution in [1.29, 1.82) is 0 Å². The summed E-state index contributed by atoms with van der Waals surface area (Å²) in [6.07, 6.45) is 7.22. The average molecular weight is 313 g/mol. The Bertz CT molecular complexity index is 327. The summed E-state index contributed by atoms with van der Waals surface area (Å²) in [5.74, 6) is 1.36. The SMILES string of the molecule is C=C/C(=C\C(=C/C)OC)C(=C)C.CC.CC.CC(C)CC=O.[HH]. The summed E-state index contributed by atoms with van der Waals surface area (Å²) < 4.78 is 5.08. The van der Waals surface area contributed by atoms with Gasteiger partial charge in [0.15, 0.2) is 0 Å². The average Bonchev–Trinajstić information content (AvgIpc) is 2.52. The van der Waals surface area contributed by atoms with Gasteiger partial charge in [-0.2, -0.15) is 0 Å². The van der Waals surface area contributed by atoms with Crippen LogP contribution in [-0.4, -0.2) is 13.4 Å². The van der Waals surface area contributed by atoms with Gasteiger partial charge in [-0.3, -0.25) is 0 Å². The highest BCUT2D eigenvalue weighted by molar-refractivity contribution is 5.49. The molecule has 0 heterocycles. The van der Waals surface area contributed by atoms with Crippen molar-refractivity contribution in [3.63, 3.8) is 0 Å². The van der Waals surface area contributed by atoms with E-state index in [0.29, 0.717) is 12.3 Å². The highest BCUT2D eigenvalue weighted by atomic mass is 16.5. The van der Waals surface area contributed by atoms with Gasteiger partial charge in [-0.25, -0.2) is 0 Å². The van der Waals surface area contributed by atoms with Crippen LogP contribution in [0.25, 0.3) is 0 Å². The Balaban J connectivity index is -0.0000000834. The normalized spacial score (nSPS) is 9.91. The third-order valence-electron chi connectivity index (χ3n) is 2.10. The predicted molar refractivity (Wildman–Crippen MR) is 104 cm³/mol. The maximum atomic E-state index is 9.62. The lowest BCUT2D eigenvalue weighted by Crippen LogP contribution is -1.85. The van der Waals surface area contributed by atoms with E-state index in [-0.39, 0.29) is 1.43 Å². The van der Waals surface area contributed by atoms with Crippen molar-refractivity contribution in [2.45, 2.75) is 61.8 Å². The first-order valence-corrected chi connectivity index (χ1v) is 8.06. The second-order valence-electron chi connectivity index (χ2n) is 4.28. The van der Waals surface area contributed by atoms with Crippen molar-refractivity contribution in [3.8, 4) is 0 Å². The number of allylic oxidation sites excluding steroid dienone is 5. The molecule has 0 saturated carbocycles. The van der Waals surface area contributed by atoms with Crippen molar-refractivity contribution in [2.24, 2.45) is 5.92 Å². The predicted octanol–water partition coefficient (Wildman–Crippen LogP) is 6.75. The zero-order valence-corrected chi connectivity index (χ0v) is 16.3. The summed E-state index contributed by atoms with van der Waals surface area (Å²) in [4.78, 5) is 9.62. The van der Waals surface area contributed by atoms with Gasteiger partial charge in [-0.1, -0.05) is 66.3 Å². The first-order valence-electron chi connectivity index (χ1n) is 8.06. The smallest absolute Gasteiger partial charge is 0.120 e. The summed E-state index contributed by atoms with van der Waals surface area (Å²) in [5.41, 5.74) is 1.99. The molecule has 0 aromatic heterocycles. The molecule has 0 aromatic rings. The second-order valence-corrected chi connectivity index (χ2v) is 4.28. The van der Waals surface area contributed by atoms with Crippen LogP contribution in [0.5, 0.6) is 0 Å². The minimum Gasteiger partial charge on any atom is -0.497 e. The van der Waals surface area contributed by atoms with E-state index < -0.39 is 0 Å². The summed E-state index contributed by atoms with van der Waals surface area (Å²) in [7, 11) is 1.64. The molecular formula is C20H40O2. The molecule has 0 aromatic carbocycles. The van der Waals surface area contributed by atoms with Gasteiger partial charge >= 0.3 is 0 Å². The van der Waals surface area contributed by atoms with Gasteiger partial charge in [0.05, 0.1) is 7.11 Å². The molecule has 0 spiro atoms. The molecule has 22 heavy (non-hydrogen) atoms. The molecule has 0 saturated heterocycles. The van der Waals surface area contributed by atoms with E-state index >= 15 is 0 Å². The van der Waals surface area contributed by atoms with Gasteiger partial charge in [-0.15, -0.1) is 0 Å². The number of hydrogen-bond donors (Lipinski definition) is 0. The lowest BCUT2D eigenvalue weighted by Gasteiger charge is -2.02. The lowest BCUT2D eigenvalue weighted by molar-refractivity contribution is -0.108. The molecule has 0 aliphatic rings. The number of methoxy groups -OCH3 is 1. The molecule has 0 N–H and O–H groups in total. The number of rotatable bonds is 6. The van der Waals surface area contributed by atoms with Crippen molar-refractivity contribution in [2.75, 3.05) is 7.11 Å². The van der Waals surface area contributed by atoms with E-state index in [1.165, 1.54) is 0 Å². The minimum absolute atomic E-state index is 0. The Labute approximate surface area is 141 Å². The zero-order valence-electron chi connectivity index (χ0n) is 16.3. The van der Waals surface area contributed by atoms with Crippen LogP contribution in [0.15, 0.2) is 48.3 Å². The largest absolute Gasteiger partial charge is 0.497 e. The maximum Gasteiger partial charge on any atom is 0.120 e. The number of aldehydes is 1. The van der Waals surface area contributed by atoms with Crippen LogP contribution in [-0.2, 0) is 9.53 Å². The van der Waals surface area contributed by atoms with E-state index in [2.05, 4.69) is 13.2 Å². The van der Waals surface area contributed by atoms with Gasteiger partial charge in [0, 0.05) is 7.85 Å². The van der Waals surface area contributed by atoms with Gasteiger partial charge in [0.1, 0.15) is 12.0 Å². The number of hydrogen-bond acceptors (Lipinski definition) is 2. The molecule has 2 heteroatoms. The number of ether oxygens (including phenoxy) is 1. The van der Waals surface area contributed by atoms with Crippen LogP contribution in [0.4, 0.5) is 0 Å². The number of carbonyl (C=O) groups excluding carboxylic acids is 1. The second kappa shape index (κ2) is 24.4. The van der Waals surface area contributed by atoms with Crippen LogP contribution in [0, 0.1) is 5.92 Å². The van der Waals surface area contributed by atoms with E-state index in [9.17, 15) is 4.79 Å². The maximum absolute atomic E-state index is 9.62. The third-order valence-corrected chi connectivity index (χ3v) is 2.10. The van der Waals surface area contributed by atoms with E-state index in [1.807, 2.05) is 67.5 Å². The van der Waals surface area contributed by atoms with Crippen LogP contribution in [0.2, 0.25) is 0 Å². The molecule has 0 aliphatic heterocycles. The van der Waals surface area contributed by atoms with Crippen LogP contribution < -0.4 is 0 Å². The Morgan fingerprint density at radius 3 is 1.82 bits per heavy atom. The van der Waals surface area contributed by atoms with Crippen LogP contribution in [0.1, 0.15) is 63.2 Å². The van der Waals surface area contributed by atoms with Gasteiger partial charge < -0.3 is 9.53 Å². The first-order chi connectivity index (χ1) is 10.4. The Hall–Kier alpha value is -1.57. The molecule has 0 unspecified atom stereocenters. The van der Waals surface area contributed by atoms with Crippen molar-refractivity contribution in [3.05, 3.63) is 48.3 Å². The fourth-order valence-electron chi connectivity index (χ4n) is 0.962. The Kier molecular flexibility index (Phi) is 31.8. The standard InChI is InChI=1S/C11H16O.C5H10O.2C2H6.H2/c1-6-10(9(3)4)8-11(7-2)12-5;1-5(2)3-4-6;2*1-2;/h6-8H,1,3H2,2,4-5H3;4-5H,3H2,1-2H3;2*1-2H3;1H/b10-8+,11-7+;;;;. The fraction of sp³-hybridized carbons (Fsp3) is 0.550. The first kappa shape index (κ1) is 28.6. The van der Waals surface area contributed by atoms with Crippen molar-refractivity contribution < 1.29 is 11.0 Å². The third kappa shape index (κ3) is 23.5. The van der Waals surface area contributed by atoms with Crippen molar-refractivity contribution in [1.82, 2.24) is 0 Å². The lowest BCUT2D eigenvalue weighted by atomic mass is 10.1. The van der Waals surface area contributed by atoms with Crippen molar-refractivity contribution >= 4 is 6.29 Å². The molecule has 132 valence electrons. The molecule has 0 fully saturated rings. The zero-order chi connectivity index (χ0) is 18.6. The molecular weight excluding hydrogens is 272 g/mol. The minimum atomic E-state index is 0. The molecule has 0 radical (unpaired) electrons. The summed E-state index contributed by atoms with van der Waals surface area (Å²) >= 11 is 0. The summed E-state index contributed by atoms with van der Waals surface area (Å²) in [5, 5.41) is 0.